The lowest BCUT2D eigenvalue weighted by Crippen LogP contribution is -2.17. The molecule has 142 valence electrons. The number of aliphatic hydroxyl groups excluding tert-OH is 1. The van der Waals surface area contributed by atoms with Crippen molar-refractivity contribution in [2.24, 2.45) is 0 Å². The number of Topliss-reactive ketones (excluding diaryl/α,β-unsaturated/α-hetero) is 1. The molecule has 0 heterocycles. The summed E-state index contributed by atoms with van der Waals surface area (Å²) in [6, 6.07) is 5.86. The van der Waals surface area contributed by atoms with E-state index >= 15 is 0 Å². The number of halogens is 2. The molecule has 0 fully saturated rings. The predicted octanol–water partition coefficient (Wildman–Crippen LogP) is 2.32. The second-order valence-corrected chi connectivity index (χ2v) is 5.27. The van der Waals surface area contributed by atoms with E-state index in [2.05, 4.69) is 5.32 Å². The van der Waals surface area contributed by atoms with Crippen LogP contribution in [0.15, 0.2) is 36.4 Å². The van der Waals surface area contributed by atoms with Crippen molar-refractivity contribution in [3.05, 3.63) is 69.3 Å². The topological polar surface area (TPSA) is 119 Å². The summed E-state index contributed by atoms with van der Waals surface area (Å²) in [6.45, 7) is -0.946. The first-order valence-electron chi connectivity index (χ1n) is 7.62. The number of anilines is 1. The number of hydrogen-bond acceptors (Lipinski definition) is 7. The van der Waals surface area contributed by atoms with Crippen LogP contribution in [0, 0.1) is 21.7 Å². The maximum atomic E-state index is 13.2. The fraction of sp³-hybridized carbons (Fsp3) is 0.176. The van der Waals surface area contributed by atoms with E-state index in [0.29, 0.717) is 6.07 Å². The Morgan fingerprint density at radius 1 is 1.15 bits per heavy atom. The quantitative estimate of drug-likeness (QED) is 0.312. The number of nitrogens with one attached hydrogen (secondary N) is 1. The Morgan fingerprint density at radius 3 is 2.52 bits per heavy atom. The molecule has 0 atom stereocenters. The van der Waals surface area contributed by atoms with Gasteiger partial charge in [-0.15, -0.1) is 0 Å². The van der Waals surface area contributed by atoms with Crippen LogP contribution in [0.25, 0.3) is 0 Å². The third-order valence-electron chi connectivity index (χ3n) is 3.44. The fourth-order valence-electron chi connectivity index (χ4n) is 2.12. The number of nitro groups is 1. The number of nitro benzene ring substituents is 1. The van der Waals surface area contributed by atoms with Crippen LogP contribution in [0.1, 0.15) is 20.7 Å². The average Bonchev–Trinajstić information content (AvgIpc) is 2.66. The molecule has 0 unspecified atom stereocenters. The number of ether oxygens (including phenoxy) is 1. The van der Waals surface area contributed by atoms with Gasteiger partial charge in [-0.2, -0.15) is 0 Å². The van der Waals surface area contributed by atoms with Crippen molar-refractivity contribution in [3.63, 3.8) is 0 Å². The zero-order valence-electron chi connectivity index (χ0n) is 13.8. The zero-order valence-corrected chi connectivity index (χ0v) is 13.8. The van der Waals surface area contributed by atoms with Crippen LogP contribution in [-0.2, 0) is 4.74 Å². The van der Waals surface area contributed by atoms with Crippen LogP contribution in [0.5, 0.6) is 0 Å². The molecule has 10 heteroatoms. The van der Waals surface area contributed by atoms with Crippen LogP contribution in [0.2, 0.25) is 0 Å². The summed E-state index contributed by atoms with van der Waals surface area (Å²) in [7, 11) is 0. The van der Waals surface area contributed by atoms with Gasteiger partial charge in [0.05, 0.1) is 17.1 Å². The maximum absolute atomic E-state index is 13.2. The molecule has 0 aliphatic heterocycles. The number of carbonyl (C=O) groups excluding carboxylic acids is 2. The Morgan fingerprint density at radius 2 is 1.89 bits per heavy atom. The van der Waals surface area contributed by atoms with Gasteiger partial charge in [-0.05, 0) is 24.3 Å². The Labute approximate surface area is 151 Å². The summed E-state index contributed by atoms with van der Waals surface area (Å²) >= 11 is 0. The summed E-state index contributed by atoms with van der Waals surface area (Å²) in [4.78, 5) is 34.4. The summed E-state index contributed by atoms with van der Waals surface area (Å²) in [6.07, 6.45) is 0. The summed E-state index contributed by atoms with van der Waals surface area (Å²) in [5.41, 5.74) is -0.613. The smallest absolute Gasteiger partial charge is 0.340 e. The molecule has 2 rings (SSSR count). The zero-order chi connectivity index (χ0) is 20.0. The van der Waals surface area contributed by atoms with Crippen LogP contribution >= 0.6 is 0 Å². The predicted molar refractivity (Wildman–Crippen MR) is 89.6 cm³/mol. The third kappa shape index (κ3) is 5.05. The first kappa shape index (κ1) is 19.9. The molecule has 0 amide bonds. The average molecular weight is 380 g/mol. The first-order chi connectivity index (χ1) is 12.8. The van der Waals surface area contributed by atoms with Crippen molar-refractivity contribution in [2.75, 3.05) is 25.1 Å². The molecule has 2 aromatic carbocycles. The number of carbonyl (C=O) groups is 2. The van der Waals surface area contributed by atoms with Gasteiger partial charge in [0.25, 0.3) is 5.69 Å². The first-order valence-corrected chi connectivity index (χ1v) is 7.62. The number of hydrogen-bond donors (Lipinski definition) is 2. The van der Waals surface area contributed by atoms with E-state index < -0.39 is 34.9 Å². The monoisotopic (exact) mass is 380 g/mol. The van der Waals surface area contributed by atoms with Gasteiger partial charge < -0.3 is 15.2 Å². The van der Waals surface area contributed by atoms with Crippen molar-refractivity contribution < 1.29 is 33.1 Å². The minimum atomic E-state index is -1.22. The lowest BCUT2D eigenvalue weighted by atomic mass is 10.1. The number of rotatable bonds is 8. The van der Waals surface area contributed by atoms with Crippen LogP contribution < -0.4 is 5.32 Å². The Balaban J connectivity index is 2.15. The van der Waals surface area contributed by atoms with Crippen LogP contribution in [0.3, 0.4) is 0 Å². The largest absolute Gasteiger partial charge is 0.454 e. The molecular weight excluding hydrogens is 366 g/mol. The number of nitrogens with zero attached hydrogens (tertiary/aromatic N) is 1. The third-order valence-corrected chi connectivity index (χ3v) is 3.44. The minimum Gasteiger partial charge on any atom is -0.454 e. The molecule has 0 spiro atoms. The van der Waals surface area contributed by atoms with E-state index in [1.165, 1.54) is 6.07 Å². The van der Waals surface area contributed by atoms with Gasteiger partial charge >= 0.3 is 5.97 Å². The molecule has 0 saturated carbocycles. The van der Waals surface area contributed by atoms with Crippen molar-refractivity contribution in [2.45, 2.75) is 0 Å². The normalized spacial score (nSPS) is 10.3. The standard InChI is InChI=1S/C17H14F2N2O6/c18-13-3-1-10(7-14(13)19)16(23)9-27-17(24)12-8-11(21(25)26)2-4-15(12)20-5-6-22/h1-4,7-8,20,22H,5-6,9H2. The lowest BCUT2D eigenvalue weighted by Gasteiger charge is -2.11. The molecule has 0 bridgehead atoms. The molecule has 0 aliphatic rings. The lowest BCUT2D eigenvalue weighted by molar-refractivity contribution is -0.384. The SMILES string of the molecule is O=C(COC(=O)c1cc([N+](=O)[O-])ccc1NCCO)c1ccc(F)c(F)c1. The highest BCUT2D eigenvalue weighted by Crippen LogP contribution is 2.23. The molecule has 0 saturated heterocycles. The van der Waals surface area contributed by atoms with Gasteiger partial charge in [0.2, 0.25) is 0 Å². The Kier molecular flexibility index (Phi) is 6.50. The molecular formula is C17H14F2N2O6. The van der Waals surface area contributed by atoms with Crippen molar-refractivity contribution >= 4 is 23.1 Å². The van der Waals surface area contributed by atoms with E-state index in [9.17, 15) is 28.5 Å². The molecule has 2 aromatic rings. The second kappa shape index (κ2) is 8.81. The van der Waals surface area contributed by atoms with E-state index in [-0.39, 0.29) is 35.7 Å². The van der Waals surface area contributed by atoms with Crippen LogP contribution in [-0.4, -0.2) is 41.5 Å². The molecule has 27 heavy (non-hydrogen) atoms. The number of non-ortho nitro benzene ring substituents is 1. The highest BCUT2D eigenvalue weighted by atomic mass is 19.2. The number of aliphatic hydroxyl groups is 1. The number of esters is 1. The molecule has 0 radical (unpaired) electrons. The van der Waals surface area contributed by atoms with Gasteiger partial charge in [0.15, 0.2) is 24.0 Å². The molecule has 0 aromatic heterocycles. The highest BCUT2D eigenvalue weighted by Gasteiger charge is 2.19. The summed E-state index contributed by atoms with van der Waals surface area (Å²) in [5, 5.41) is 22.4. The molecule has 2 N–H and O–H groups in total. The Bertz CT molecular complexity index is 888. The van der Waals surface area contributed by atoms with Gasteiger partial charge in [-0.3, -0.25) is 14.9 Å². The van der Waals surface area contributed by atoms with Crippen LogP contribution in [0.4, 0.5) is 20.2 Å². The second-order valence-electron chi connectivity index (χ2n) is 5.27. The summed E-state index contributed by atoms with van der Waals surface area (Å²) in [5.74, 6) is -4.16. The number of ketones is 1. The van der Waals surface area contributed by atoms with Gasteiger partial charge in [-0.25, -0.2) is 13.6 Å². The highest BCUT2D eigenvalue weighted by molar-refractivity contribution is 6.01. The summed E-state index contributed by atoms with van der Waals surface area (Å²) < 4.78 is 30.9. The van der Waals surface area contributed by atoms with E-state index in [1.54, 1.807) is 0 Å². The maximum Gasteiger partial charge on any atom is 0.340 e. The molecule has 8 nitrogen and oxygen atoms in total. The minimum absolute atomic E-state index is 0.0753. The van der Waals surface area contributed by atoms with E-state index in [4.69, 9.17) is 9.84 Å². The van der Waals surface area contributed by atoms with Crippen molar-refractivity contribution in [1.29, 1.82) is 0 Å². The Hall–Kier alpha value is -3.40. The molecule has 0 aliphatic carbocycles. The van der Waals surface area contributed by atoms with Crippen molar-refractivity contribution in [3.8, 4) is 0 Å². The van der Waals surface area contributed by atoms with Gasteiger partial charge in [-0.1, -0.05) is 0 Å². The fourth-order valence-corrected chi connectivity index (χ4v) is 2.12. The van der Waals surface area contributed by atoms with Gasteiger partial charge in [0.1, 0.15) is 0 Å². The van der Waals surface area contributed by atoms with E-state index in [0.717, 1.165) is 24.3 Å². The van der Waals surface area contributed by atoms with Crippen molar-refractivity contribution in [1.82, 2.24) is 0 Å². The van der Waals surface area contributed by atoms with Gasteiger partial charge in [0, 0.05) is 29.9 Å². The number of benzene rings is 2. The van der Waals surface area contributed by atoms with E-state index in [1.807, 2.05) is 0 Å².